The summed E-state index contributed by atoms with van der Waals surface area (Å²) in [5, 5.41) is 13.8. The number of nitrogens with one attached hydrogen (secondary N) is 1. The summed E-state index contributed by atoms with van der Waals surface area (Å²) in [4.78, 5) is 13.4. The van der Waals surface area contributed by atoms with Crippen LogP contribution in [0.4, 0.5) is 5.69 Å². The Hall–Kier alpha value is -2.90. The first-order chi connectivity index (χ1) is 11.8. The fourth-order valence-corrected chi connectivity index (χ4v) is 3.22. The second-order valence-corrected chi connectivity index (χ2v) is 6.33. The third-order valence-electron chi connectivity index (χ3n) is 3.71. The summed E-state index contributed by atoms with van der Waals surface area (Å²) >= 11 is 1.65. The molecule has 0 saturated heterocycles. The van der Waals surface area contributed by atoms with Gasteiger partial charge in [0.1, 0.15) is 0 Å². The quantitative estimate of drug-likeness (QED) is 0.725. The molecule has 2 aromatic carbocycles. The number of hydrogen-bond donors (Lipinski definition) is 1. The van der Waals surface area contributed by atoms with Crippen molar-refractivity contribution in [1.29, 1.82) is 5.26 Å². The third-order valence-corrected chi connectivity index (χ3v) is 4.61. The molecule has 3 rings (SSSR count). The van der Waals surface area contributed by atoms with Crippen molar-refractivity contribution >= 4 is 22.9 Å². The molecule has 118 valence electrons. The number of benzene rings is 2. The van der Waals surface area contributed by atoms with E-state index in [0.29, 0.717) is 18.4 Å². The van der Waals surface area contributed by atoms with Gasteiger partial charge >= 0.3 is 0 Å². The van der Waals surface area contributed by atoms with Gasteiger partial charge in [-0.25, -0.2) is 0 Å². The molecule has 24 heavy (non-hydrogen) atoms. The van der Waals surface area contributed by atoms with Gasteiger partial charge in [0.25, 0.3) is 0 Å². The average molecular weight is 332 g/mol. The van der Waals surface area contributed by atoms with E-state index in [2.05, 4.69) is 11.4 Å². The molecular weight excluding hydrogens is 316 g/mol. The normalized spacial score (nSPS) is 10.1. The highest BCUT2D eigenvalue weighted by Gasteiger charge is 2.09. The number of nitriles is 1. The number of carbonyl (C=O) groups excluding carboxylic acids is 1. The minimum atomic E-state index is -0.0108. The molecule has 0 unspecified atom stereocenters. The topological polar surface area (TPSA) is 52.9 Å². The summed E-state index contributed by atoms with van der Waals surface area (Å²) < 4.78 is 0. The molecule has 1 amide bonds. The summed E-state index contributed by atoms with van der Waals surface area (Å²) in [5.41, 5.74) is 3.56. The predicted octanol–water partition coefficient (Wildman–Crippen LogP) is 4.86. The van der Waals surface area contributed by atoms with Crippen LogP contribution in [0.2, 0.25) is 0 Å². The fourth-order valence-electron chi connectivity index (χ4n) is 2.46. The predicted molar refractivity (Wildman–Crippen MR) is 97.9 cm³/mol. The van der Waals surface area contributed by atoms with Gasteiger partial charge in [0.2, 0.25) is 5.91 Å². The molecule has 0 radical (unpaired) electrons. The van der Waals surface area contributed by atoms with Crippen LogP contribution in [0.5, 0.6) is 0 Å². The van der Waals surface area contributed by atoms with Crippen molar-refractivity contribution in [2.45, 2.75) is 12.8 Å². The largest absolute Gasteiger partial charge is 0.325 e. The van der Waals surface area contributed by atoms with Gasteiger partial charge < -0.3 is 5.32 Å². The van der Waals surface area contributed by atoms with Gasteiger partial charge in [0.15, 0.2) is 0 Å². The summed E-state index contributed by atoms with van der Waals surface area (Å²) in [7, 11) is 0. The minimum Gasteiger partial charge on any atom is -0.325 e. The lowest BCUT2D eigenvalue weighted by Gasteiger charge is -2.10. The first-order valence-corrected chi connectivity index (χ1v) is 8.56. The highest BCUT2D eigenvalue weighted by molar-refractivity contribution is 7.13. The zero-order valence-corrected chi connectivity index (χ0v) is 13.8. The lowest BCUT2D eigenvalue weighted by molar-refractivity contribution is -0.116. The SMILES string of the molecule is N#Cc1ccc(CCC(=O)Nc2ccccc2-c2cccs2)cc1. The van der Waals surface area contributed by atoms with E-state index >= 15 is 0 Å². The molecule has 4 heteroatoms. The lowest BCUT2D eigenvalue weighted by atomic mass is 10.1. The zero-order chi connectivity index (χ0) is 16.8. The molecule has 0 bridgehead atoms. The molecule has 0 saturated carbocycles. The number of rotatable bonds is 5. The molecule has 0 spiro atoms. The van der Waals surface area contributed by atoms with Gasteiger partial charge in [0.05, 0.1) is 11.6 Å². The molecule has 3 aromatic rings. The highest BCUT2D eigenvalue weighted by atomic mass is 32.1. The van der Waals surface area contributed by atoms with Crippen LogP contribution in [0.1, 0.15) is 17.5 Å². The van der Waals surface area contributed by atoms with Crippen molar-refractivity contribution in [3.8, 4) is 16.5 Å². The summed E-state index contributed by atoms with van der Waals surface area (Å²) in [5.74, 6) is -0.0108. The fraction of sp³-hybridized carbons (Fsp3) is 0.100. The van der Waals surface area contributed by atoms with Crippen molar-refractivity contribution < 1.29 is 4.79 Å². The molecule has 0 aliphatic carbocycles. The van der Waals surface area contributed by atoms with E-state index in [1.165, 1.54) is 0 Å². The average Bonchev–Trinajstić information content (AvgIpc) is 3.15. The summed E-state index contributed by atoms with van der Waals surface area (Å²) in [6.07, 6.45) is 1.06. The second-order valence-electron chi connectivity index (χ2n) is 5.38. The molecule has 1 N–H and O–H groups in total. The second kappa shape index (κ2) is 7.58. The Kier molecular flexibility index (Phi) is 5.05. The van der Waals surface area contributed by atoms with Crippen LogP contribution < -0.4 is 5.32 Å². The Bertz CT molecular complexity index is 861. The van der Waals surface area contributed by atoms with Crippen molar-refractivity contribution in [3.05, 3.63) is 77.2 Å². The van der Waals surface area contributed by atoms with E-state index < -0.39 is 0 Å². The van der Waals surface area contributed by atoms with E-state index in [1.807, 2.05) is 53.9 Å². The Morgan fingerprint density at radius 3 is 2.54 bits per heavy atom. The van der Waals surface area contributed by atoms with Crippen LogP contribution in [-0.2, 0) is 11.2 Å². The molecule has 0 fully saturated rings. The third kappa shape index (κ3) is 3.89. The number of hydrogen-bond acceptors (Lipinski definition) is 3. The number of carbonyl (C=O) groups is 1. The van der Waals surface area contributed by atoms with Gasteiger partial charge in [-0.05, 0) is 41.6 Å². The van der Waals surface area contributed by atoms with Gasteiger partial charge in [-0.2, -0.15) is 5.26 Å². The van der Waals surface area contributed by atoms with E-state index in [1.54, 1.807) is 23.5 Å². The summed E-state index contributed by atoms with van der Waals surface area (Å²) in [6, 6.07) is 21.3. The Labute approximate surface area is 145 Å². The first-order valence-electron chi connectivity index (χ1n) is 7.68. The van der Waals surface area contributed by atoms with Crippen molar-refractivity contribution in [2.24, 2.45) is 0 Å². The molecule has 1 heterocycles. The number of nitrogens with zero attached hydrogens (tertiary/aromatic N) is 1. The maximum absolute atomic E-state index is 12.3. The molecule has 3 nitrogen and oxygen atoms in total. The van der Waals surface area contributed by atoms with Crippen LogP contribution in [0, 0.1) is 11.3 Å². The van der Waals surface area contributed by atoms with Crippen LogP contribution in [-0.4, -0.2) is 5.91 Å². The number of thiophene rings is 1. The maximum Gasteiger partial charge on any atom is 0.224 e. The van der Waals surface area contributed by atoms with Crippen molar-refractivity contribution in [1.82, 2.24) is 0 Å². The smallest absolute Gasteiger partial charge is 0.224 e. The standard InChI is InChI=1S/C20H16N2OS/c21-14-16-9-7-15(8-10-16)11-12-20(23)22-18-5-2-1-4-17(18)19-6-3-13-24-19/h1-10,13H,11-12H2,(H,22,23). The van der Waals surface area contributed by atoms with E-state index in [4.69, 9.17) is 5.26 Å². The molecule has 1 aromatic heterocycles. The van der Waals surface area contributed by atoms with E-state index in [-0.39, 0.29) is 5.91 Å². The number of amides is 1. The highest BCUT2D eigenvalue weighted by Crippen LogP contribution is 2.31. The van der Waals surface area contributed by atoms with E-state index in [0.717, 1.165) is 21.7 Å². The summed E-state index contributed by atoms with van der Waals surface area (Å²) in [6.45, 7) is 0. The van der Waals surface area contributed by atoms with E-state index in [9.17, 15) is 4.79 Å². The number of aryl methyl sites for hydroxylation is 1. The van der Waals surface area contributed by atoms with Crippen molar-refractivity contribution in [3.63, 3.8) is 0 Å². The Morgan fingerprint density at radius 1 is 1.04 bits per heavy atom. The molecular formula is C20H16N2OS. The Morgan fingerprint density at radius 2 is 1.83 bits per heavy atom. The van der Waals surface area contributed by atoms with Crippen molar-refractivity contribution in [2.75, 3.05) is 5.32 Å². The van der Waals surface area contributed by atoms with Crippen LogP contribution in [0.3, 0.4) is 0 Å². The van der Waals surface area contributed by atoms with Gasteiger partial charge in [-0.1, -0.05) is 36.4 Å². The number of anilines is 1. The van der Waals surface area contributed by atoms with Gasteiger partial charge in [-0.3, -0.25) is 4.79 Å². The number of para-hydroxylation sites is 1. The zero-order valence-electron chi connectivity index (χ0n) is 13.0. The minimum absolute atomic E-state index is 0.0108. The van der Waals surface area contributed by atoms with Crippen LogP contribution in [0.15, 0.2) is 66.0 Å². The van der Waals surface area contributed by atoms with Crippen LogP contribution in [0.25, 0.3) is 10.4 Å². The lowest BCUT2D eigenvalue weighted by Crippen LogP contribution is -2.13. The molecule has 0 aliphatic heterocycles. The maximum atomic E-state index is 12.3. The van der Waals surface area contributed by atoms with Gasteiger partial charge in [-0.15, -0.1) is 11.3 Å². The van der Waals surface area contributed by atoms with Gasteiger partial charge in [0, 0.05) is 22.5 Å². The monoisotopic (exact) mass is 332 g/mol. The molecule has 0 atom stereocenters. The Balaban J connectivity index is 1.64. The first kappa shape index (κ1) is 16.0. The van der Waals surface area contributed by atoms with Crippen LogP contribution >= 0.6 is 11.3 Å². The molecule has 0 aliphatic rings.